The van der Waals surface area contributed by atoms with Crippen LogP contribution in [0.25, 0.3) is 11.3 Å². The van der Waals surface area contributed by atoms with Gasteiger partial charge in [-0.05, 0) is 11.8 Å². The molecule has 6 nitrogen and oxygen atoms in total. The normalized spacial score (nSPS) is 10.4. The third kappa shape index (κ3) is 3.06. The summed E-state index contributed by atoms with van der Waals surface area (Å²) in [6.45, 7) is 0. The van der Waals surface area contributed by atoms with E-state index in [0.29, 0.717) is 15.3 Å². The maximum absolute atomic E-state index is 5.77. The van der Waals surface area contributed by atoms with E-state index in [1.807, 2.05) is 0 Å². The number of aromatic nitrogens is 6. The van der Waals surface area contributed by atoms with Crippen LogP contribution < -0.4 is 0 Å². The zero-order valence-corrected chi connectivity index (χ0v) is 11.6. The first-order chi connectivity index (χ1) is 9.81. The smallest absolute Gasteiger partial charge is 0.193 e. The number of hydrogen-bond donors (Lipinski definition) is 0. The molecular formula is C12H7ClN6S. The predicted octanol–water partition coefficient (Wildman–Crippen LogP) is 2.53. The van der Waals surface area contributed by atoms with Crippen molar-refractivity contribution >= 4 is 23.4 Å². The van der Waals surface area contributed by atoms with Crippen LogP contribution in [0.3, 0.4) is 0 Å². The highest BCUT2D eigenvalue weighted by Gasteiger charge is 2.05. The molecule has 3 rings (SSSR count). The summed E-state index contributed by atoms with van der Waals surface area (Å²) < 4.78 is 0. The van der Waals surface area contributed by atoms with E-state index in [2.05, 4.69) is 29.9 Å². The van der Waals surface area contributed by atoms with Gasteiger partial charge in [0, 0.05) is 30.4 Å². The molecule has 0 atom stereocenters. The van der Waals surface area contributed by atoms with Gasteiger partial charge < -0.3 is 0 Å². The molecule has 0 bridgehead atoms. The van der Waals surface area contributed by atoms with E-state index >= 15 is 0 Å². The minimum atomic E-state index is 0.339. The topological polar surface area (TPSA) is 77.3 Å². The molecule has 3 aromatic heterocycles. The summed E-state index contributed by atoms with van der Waals surface area (Å²) in [6, 6.07) is 0. The first-order valence-electron chi connectivity index (χ1n) is 5.55. The second-order valence-corrected chi connectivity index (χ2v) is 5.00. The van der Waals surface area contributed by atoms with Crippen LogP contribution in [0.4, 0.5) is 0 Å². The van der Waals surface area contributed by atoms with Gasteiger partial charge in [0.1, 0.15) is 10.2 Å². The standard InChI is InChI=1S/C12H7ClN6S/c13-10-6-15-7-11(19-10)20-12-17-3-8(4-18-12)9-5-14-1-2-16-9/h1-7H. The second-order valence-electron chi connectivity index (χ2n) is 3.63. The zero-order valence-electron chi connectivity index (χ0n) is 10.0. The van der Waals surface area contributed by atoms with Gasteiger partial charge in [-0.2, -0.15) is 0 Å². The Balaban J connectivity index is 1.80. The molecule has 0 aliphatic rings. The summed E-state index contributed by atoms with van der Waals surface area (Å²) in [5, 5.41) is 1.55. The lowest BCUT2D eigenvalue weighted by Gasteiger charge is -2.01. The minimum absolute atomic E-state index is 0.339. The van der Waals surface area contributed by atoms with Crippen LogP contribution in [0.1, 0.15) is 0 Å². The van der Waals surface area contributed by atoms with Crippen molar-refractivity contribution in [1.82, 2.24) is 29.9 Å². The van der Waals surface area contributed by atoms with Crippen molar-refractivity contribution in [3.8, 4) is 11.3 Å². The fourth-order valence-corrected chi connectivity index (χ4v) is 2.27. The summed E-state index contributed by atoms with van der Waals surface area (Å²) in [5.74, 6) is 0. The molecule has 0 spiro atoms. The molecule has 3 heterocycles. The average Bonchev–Trinajstić information content (AvgIpc) is 2.49. The maximum atomic E-state index is 5.77. The Morgan fingerprint density at radius 1 is 0.850 bits per heavy atom. The highest BCUT2D eigenvalue weighted by atomic mass is 35.5. The van der Waals surface area contributed by atoms with Gasteiger partial charge in [0.05, 0.1) is 24.3 Å². The van der Waals surface area contributed by atoms with Crippen LogP contribution in [-0.4, -0.2) is 29.9 Å². The van der Waals surface area contributed by atoms with Crippen LogP contribution in [0, 0.1) is 0 Å². The fraction of sp³-hybridized carbons (Fsp3) is 0. The van der Waals surface area contributed by atoms with Crippen LogP contribution >= 0.6 is 23.4 Å². The molecule has 0 fully saturated rings. The van der Waals surface area contributed by atoms with Crippen LogP contribution in [0.2, 0.25) is 5.15 Å². The second kappa shape index (κ2) is 5.89. The van der Waals surface area contributed by atoms with E-state index < -0.39 is 0 Å². The monoisotopic (exact) mass is 302 g/mol. The van der Waals surface area contributed by atoms with Crippen molar-refractivity contribution in [3.63, 3.8) is 0 Å². The minimum Gasteiger partial charge on any atom is -0.261 e. The molecule has 0 saturated carbocycles. The number of nitrogens with zero attached hydrogens (tertiary/aromatic N) is 6. The van der Waals surface area contributed by atoms with Crippen molar-refractivity contribution in [2.24, 2.45) is 0 Å². The van der Waals surface area contributed by atoms with Gasteiger partial charge in [-0.3, -0.25) is 15.0 Å². The molecule has 8 heteroatoms. The van der Waals surface area contributed by atoms with Gasteiger partial charge in [-0.25, -0.2) is 15.0 Å². The lowest BCUT2D eigenvalue weighted by atomic mass is 10.2. The average molecular weight is 303 g/mol. The van der Waals surface area contributed by atoms with Crippen molar-refractivity contribution in [1.29, 1.82) is 0 Å². The molecule has 0 N–H and O–H groups in total. The molecular weight excluding hydrogens is 296 g/mol. The highest BCUT2D eigenvalue weighted by Crippen LogP contribution is 2.23. The molecule has 0 aliphatic carbocycles. The Kier molecular flexibility index (Phi) is 3.80. The first-order valence-corrected chi connectivity index (χ1v) is 6.74. The van der Waals surface area contributed by atoms with Crippen molar-refractivity contribution in [2.75, 3.05) is 0 Å². The van der Waals surface area contributed by atoms with E-state index in [0.717, 1.165) is 11.3 Å². The molecule has 0 amide bonds. The lowest BCUT2D eigenvalue weighted by Crippen LogP contribution is -1.91. The summed E-state index contributed by atoms with van der Waals surface area (Å²) in [4.78, 5) is 24.8. The Hall–Kier alpha value is -2.12. The SMILES string of the molecule is Clc1cncc(Sc2ncc(-c3cnccn3)cn2)n1. The Morgan fingerprint density at radius 3 is 2.40 bits per heavy atom. The third-order valence-corrected chi connectivity index (χ3v) is 3.25. The summed E-state index contributed by atoms with van der Waals surface area (Å²) in [7, 11) is 0. The van der Waals surface area contributed by atoms with Crippen LogP contribution in [0.15, 0.2) is 53.6 Å². The zero-order chi connectivity index (χ0) is 13.8. The van der Waals surface area contributed by atoms with Gasteiger partial charge in [0.25, 0.3) is 0 Å². The quantitative estimate of drug-likeness (QED) is 0.688. The first kappa shape index (κ1) is 12.9. The Morgan fingerprint density at radius 2 is 1.70 bits per heavy atom. The third-order valence-electron chi connectivity index (χ3n) is 2.27. The number of rotatable bonds is 3. The van der Waals surface area contributed by atoms with Crippen LogP contribution in [-0.2, 0) is 0 Å². The van der Waals surface area contributed by atoms with Gasteiger partial charge in [-0.1, -0.05) is 11.6 Å². The summed E-state index contributed by atoms with van der Waals surface area (Å²) in [5.41, 5.74) is 1.53. The molecule has 3 aromatic rings. The summed E-state index contributed by atoms with van der Waals surface area (Å²) >= 11 is 7.06. The molecule has 0 radical (unpaired) electrons. The number of halogens is 1. The molecule has 20 heavy (non-hydrogen) atoms. The van der Waals surface area contributed by atoms with Crippen molar-refractivity contribution in [2.45, 2.75) is 10.2 Å². The van der Waals surface area contributed by atoms with Gasteiger partial charge in [0.2, 0.25) is 0 Å². The van der Waals surface area contributed by atoms with Crippen LogP contribution in [0.5, 0.6) is 0 Å². The van der Waals surface area contributed by atoms with E-state index in [1.54, 1.807) is 37.2 Å². The fourth-order valence-electron chi connectivity index (χ4n) is 1.42. The number of hydrogen-bond acceptors (Lipinski definition) is 7. The maximum Gasteiger partial charge on any atom is 0.193 e. The Bertz CT molecular complexity index is 707. The predicted molar refractivity (Wildman–Crippen MR) is 74.2 cm³/mol. The van der Waals surface area contributed by atoms with Gasteiger partial charge >= 0.3 is 0 Å². The van der Waals surface area contributed by atoms with E-state index in [9.17, 15) is 0 Å². The van der Waals surface area contributed by atoms with Crippen molar-refractivity contribution in [3.05, 3.63) is 48.5 Å². The molecule has 0 unspecified atom stereocenters. The molecule has 0 aliphatic heterocycles. The highest BCUT2D eigenvalue weighted by molar-refractivity contribution is 7.99. The molecule has 0 aromatic carbocycles. The lowest BCUT2D eigenvalue weighted by molar-refractivity contribution is 0.955. The van der Waals surface area contributed by atoms with Gasteiger partial charge in [-0.15, -0.1) is 0 Å². The summed E-state index contributed by atoms with van der Waals surface area (Å²) in [6.07, 6.45) is 11.4. The molecule has 0 saturated heterocycles. The van der Waals surface area contributed by atoms with Gasteiger partial charge in [0.15, 0.2) is 5.16 Å². The van der Waals surface area contributed by atoms with E-state index in [4.69, 9.17) is 11.6 Å². The van der Waals surface area contributed by atoms with E-state index in [1.165, 1.54) is 18.0 Å². The largest absolute Gasteiger partial charge is 0.261 e. The molecule has 98 valence electrons. The van der Waals surface area contributed by atoms with E-state index in [-0.39, 0.29) is 0 Å². The van der Waals surface area contributed by atoms with Crippen molar-refractivity contribution < 1.29 is 0 Å². The Labute approximate surface area is 123 Å².